The molecule has 0 N–H and O–H groups in total. The van der Waals surface area contributed by atoms with Crippen LogP contribution in [0.4, 0.5) is 28.4 Å². The number of benzene rings is 4. The molecule has 1 aliphatic rings. The van der Waals surface area contributed by atoms with Gasteiger partial charge in [0.2, 0.25) is 0 Å². The molecule has 4 aromatic carbocycles. The van der Waals surface area contributed by atoms with Gasteiger partial charge in [0, 0.05) is 18.8 Å². The van der Waals surface area contributed by atoms with Crippen molar-refractivity contribution in [3.8, 4) is 5.75 Å². The van der Waals surface area contributed by atoms with E-state index in [4.69, 9.17) is 4.74 Å². The topological polar surface area (TPSA) is 79.0 Å². The summed E-state index contributed by atoms with van der Waals surface area (Å²) >= 11 is 0. The molecule has 7 heteroatoms. The molecule has 0 fully saturated rings. The van der Waals surface area contributed by atoms with Crippen LogP contribution in [0, 0.1) is 13.8 Å². The summed E-state index contributed by atoms with van der Waals surface area (Å²) in [6, 6.07) is 26.1. The number of nitrogens with zero attached hydrogens (tertiary/aromatic N) is 5. The van der Waals surface area contributed by atoms with E-state index in [0.717, 1.165) is 42.0 Å². The molecule has 5 rings (SSSR count). The number of fused-ring (bicyclic) bond motifs is 1. The molecule has 0 bridgehead atoms. The van der Waals surface area contributed by atoms with Crippen molar-refractivity contribution < 1.29 is 9.53 Å². The lowest BCUT2D eigenvalue weighted by molar-refractivity contribution is 0.0734. The maximum atomic E-state index is 12.4. The fourth-order valence-electron chi connectivity index (χ4n) is 4.32. The zero-order valence-electron chi connectivity index (χ0n) is 21.8. The second-order valence-corrected chi connectivity index (χ2v) is 9.26. The van der Waals surface area contributed by atoms with E-state index in [0.29, 0.717) is 22.7 Å². The van der Waals surface area contributed by atoms with E-state index in [9.17, 15) is 4.79 Å². The lowest BCUT2D eigenvalue weighted by atomic mass is 10.1. The van der Waals surface area contributed by atoms with Crippen LogP contribution < -0.4 is 9.64 Å². The van der Waals surface area contributed by atoms with E-state index in [1.807, 2.05) is 50.2 Å². The van der Waals surface area contributed by atoms with Crippen LogP contribution in [0.1, 0.15) is 34.0 Å². The van der Waals surface area contributed by atoms with E-state index in [-0.39, 0.29) is 0 Å². The van der Waals surface area contributed by atoms with E-state index in [1.54, 1.807) is 36.4 Å². The number of rotatable bonds is 7. The average Bonchev–Trinajstić information content (AvgIpc) is 3.35. The van der Waals surface area contributed by atoms with E-state index in [1.165, 1.54) is 11.3 Å². The summed E-state index contributed by atoms with van der Waals surface area (Å²) in [6.45, 7) is 8.22. The first kappa shape index (κ1) is 25.0. The molecule has 0 atom stereocenters. The number of carbonyl (C=O) groups is 1. The van der Waals surface area contributed by atoms with Crippen LogP contribution >= 0.6 is 0 Å². The van der Waals surface area contributed by atoms with Crippen LogP contribution in [0.3, 0.4) is 0 Å². The maximum absolute atomic E-state index is 12.4. The lowest BCUT2D eigenvalue weighted by Gasteiger charge is -2.16. The Bertz CT molecular complexity index is 1510. The van der Waals surface area contributed by atoms with Crippen LogP contribution in [0.2, 0.25) is 0 Å². The average molecular weight is 504 g/mol. The van der Waals surface area contributed by atoms with Gasteiger partial charge in [-0.3, -0.25) is 0 Å². The first-order valence-corrected chi connectivity index (χ1v) is 12.7. The van der Waals surface area contributed by atoms with Crippen molar-refractivity contribution in [1.82, 2.24) is 0 Å². The van der Waals surface area contributed by atoms with Gasteiger partial charge in [0.15, 0.2) is 0 Å². The van der Waals surface area contributed by atoms with Gasteiger partial charge in [0.05, 0.1) is 28.3 Å². The van der Waals surface area contributed by atoms with Gasteiger partial charge in [-0.2, -0.15) is 20.5 Å². The van der Waals surface area contributed by atoms with Gasteiger partial charge in [-0.15, -0.1) is 0 Å². The van der Waals surface area contributed by atoms with Crippen LogP contribution in [0.25, 0.3) is 0 Å². The fraction of sp³-hybridized carbons (Fsp3) is 0.194. The number of hydrogen-bond acceptors (Lipinski definition) is 7. The van der Waals surface area contributed by atoms with E-state index >= 15 is 0 Å². The number of likely N-dealkylation sites (N-methyl/N-ethyl adjacent to an activating group) is 1. The zero-order chi connectivity index (χ0) is 26.5. The van der Waals surface area contributed by atoms with Crippen molar-refractivity contribution in [2.24, 2.45) is 20.5 Å². The Morgan fingerprint density at radius 1 is 0.789 bits per heavy atom. The molecule has 0 spiro atoms. The molecule has 4 aromatic rings. The van der Waals surface area contributed by atoms with Gasteiger partial charge >= 0.3 is 5.97 Å². The number of esters is 1. The van der Waals surface area contributed by atoms with Gasteiger partial charge in [0.25, 0.3) is 0 Å². The Kier molecular flexibility index (Phi) is 7.35. The van der Waals surface area contributed by atoms with Crippen LogP contribution in [-0.4, -0.2) is 19.1 Å². The molecule has 38 heavy (non-hydrogen) atoms. The normalized spacial score (nSPS) is 12.9. The number of anilines is 1. The Morgan fingerprint density at radius 3 is 2.18 bits per heavy atom. The number of ether oxygens (including phenoxy) is 1. The van der Waals surface area contributed by atoms with Gasteiger partial charge in [0.1, 0.15) is 5.75 Å². The smallest absolute Gasteiger partial charge is 0.343 e. The quantitative estimate of drug-likeness (QED) is 0.144. The SMILES string of the molecule is CCN1CCc2cc(N=Nc3ccc(N=Nc4ccc(C(=O)Oc5ccc(C)cc5)cc4)cc3C)ccc21. The predicted octanol–water partition coefficient (Wildman–Crippen LogP) is 8.74. The van der Waals surface area contributed by atoms with Crippen molar-refractivity contribution in [2.75, 3.05) is 18.0 Å². The molecule has 0 aromatic heterocycles. The minimum absolute atomic E-state index is 0.416. The molecule has 0 saturated carbocycles. The minimum Gasteiger partial charge on any atom is -0.423 e. The van der Waals surface area contributed by atoms with Gasteiger partial charge in [-0.05, 0) is 111 Å². The highest BCUT2D eigenvalue weighted by atomic mass is 16.5. The highest BCUT2D eigenvalue weighted by Crippen LogP contribution is 2.32. The van der Waals surface area contributed by atoms with Crippen molar-refractivity contribution in [1.29, 1.82) is 0 Å². The van der Waals surface area contributed by atoms with Gasteiger partial charge in [-0.1, -0.05) is 17.7 Å². The van der Waals surface area contributed by atoms with Crippen LogP contribution in [0.15, 0.2) is 105 Å². The molecule has 1 heterocycles. The van der Waals surface area contributed by atoms with E-state index in [2.05, 4.69) is 44.4 Å². The number of azo groups is 2. The van der Waals surface area contributed by atoms with Crippen molar-refractivity contribution in [2.45, 2.75) is 27.2 Å². The zero-order valence-corrected chi connectivity index (χ0v) is 21.8. The second kappa shape index (κ2) is 11.2. The molecule has 0 saturated heterocycles. The highest BCUT2D eigenvalue weighted by Gasteiger charge is 2.17. The first-order valence-electron chi connectivity index (χ1n) is 12.7. The van der Waals surface area contributed by atoms with Crippen molar-refractivity contribution >= 4 is 34.4 Å². The Hall–Kier alpha value is -4.65. The molecule has 0 amide bonds. The van der Waals surface area contributed by atoms with Gasteiger partial charge < -0.3 is 9.64 Å². The summed E-state index contributed by atoms with van der Waals surface area (Å²) in [7, 11) is 0. The molecular formula is C31H29N5O2. The number of aryl methyl sites for hydroxylation is 2. The van der Waals surface area contributed by atoms with Gasteiger partial charge in [-0.25, -0.2) is 4.79 Å². The Balaban J connectivity index is 1.21. The molecule has 0 unspecified atom stereocenters. The predicted molar refractivity (Wildman–Crippen MR) is 150 cm³/mol. The largest absolute Gasteiger partial charge is 0.423 e. The highest BCUT2D eigenvalue weighted by molar-refractivity contribution is 5.91. The summed E-state index contributed by atoms with van der Waals surface area (Å²) in [6.07, 6.45) is 1.05. The third-order valence-corrected chi connectivity index (χ3v) is 6.51. The Morgan fingerprint density at radius 2 is 1.45 bits per heavy atom. The van der Waals surface area contributed by atoms with Crippen molar-refractivity contribution in [3.63, 3.8) is 0 Å². The molecule has 7 nitrogen and oxygen atoms in total. The minimum atomic E-state index is -0.416. The standard InChI is InChI=1S/C31H29N5O2/c1-4-36-18-17-24-20-27(12-16-30(24)36)34-35-29-15-11-26(19-22(29)3)33-32-25-9-7-23(8-10-25)31(37)38-28-13-5-21(2)6-14-28/h5-16,19-20H,4,17-18H2,1-3H3. The van der Waals surface area contributed by atoms with Crippen LogP contribution in [0.5, 0.6) is 5.75 Å². The summed E-state index contributed by atoms with van der Waals surface area (Å²) in [5.74, 6) is 0.0962. The third-order valence-electron chi connectivity index (χ3n) is 6.51. The third kappa shape index (κ3) is 5.83. The van der Waals surface area contributed by atoms with Crippen molar-refractivity contribution in [3.05, 3.63) is 107 Å². The fourth-order valence-corrected chi connectivity index (χ4v) is 4.32. The molecule has 0 radical (unpaired) electrons. The molecule has 190 valence electrons. The monoisotopic (exact) mass is 503 g/mol. The second-order valence-electron chi connectivity index (χ2n) is 9.26. The Labute approximate surface area is 222 Å². The lowest BCUT2D eigenvalue weighted by Crippen LogP contribution is -2.18. The molecular weight excluding hydrogens is 474 g/mol. The number of hydrogen-bond donors (Lipinski definition) is 0. The summed E-state index contributed by atoms with van der Waals surface area (Å²) in [5.41, 5.74) is 8.12. The van der Waals surface area contributed by atoms with Crippen LogP contribution in [-0.2, 0) is 6.42 Å². The summed E-state index contributed by atoms with van der Waals surface area (Å²) in [4.78, 5) is 14.8. The van der Waals surface area contributed by atoms with E-state index < -0.39 is 5.97 Å². The first-order chi connectivity index (χ1) is 18.5. The molecule has 1 aliphatic heterocycles. The summed E-state index contributed by atoms with van der Waals surface area (Å²) in [5, 5.41) is 17.5. The number of carbonyl (C=O) groups excluding carboxylic acids is 1. The summed E-state index contributed by atoms with van der Waals surface area (Å²) < 4.78 is 5.41. The maximum Gasteiger partial charge on any atom is 0.343 e. The molecule has 0 aliphatic carbocycles.